The second kappa shape index (κ2) is 12.6. The third-order valence-electron chi connectivity index (χ3n) is 3.25. The van der Waals surface area contributed by atoms with E-state index in [-0.39, 0.29) is 11.3 Å². The van der Waals surface area contributed by atoms with Crippen LogP contribution in [0.25, 0.3) is 0 Å². The molecule has 0 aromatic carbocycles. The highest BCUT2D eigenvalue weighted by Gasteiger charge is 2.08. The number of nitro groups is 1. The molecule has 0 fully saturated rings. The zero-order chi connectivity index (χ0) is 15.2. The van der Waals surface area contributed by atoms with Gasteiger partial charge in [0.15, 0.2) is 0 Å². The van der Waals surface area contributed by atoms with E-state index in [0.717, 1.165) is 57.8 Å². The van der Waals surface area contributed by atoms with E-state index in [4.69, 9.17) is 5.11 Å². The molecule has 0 unspecified atom stereocenters. The van der Waals surface area contributed by atoms with Crippen molar-refractivity contribution in [2.45, 2.75) is 77.6 Å². The van der Waals surface area contributed by atoms with Gasteiger partial charge in [-0.3, -0.25) is 14.9 Å². The Labute approximate surface area is 121 Å². The van der Waals surface area contributed by atoms with E-state index < -0.39 is 5.97 Å². The van der Waals surface area contributed by atoms with Gasteiger partial charge in [-0.25, -0.2) is 0 Å². The Kier molecular flexibility index (Phi) is 11.8. The first-order chi connectivity index (χ1) is 9.57. The van der Waals surface area contributed by atoms with E-state index in [0.29, 0.717) is 12.1 Å². The quantitative estimate of drug-likeness (QED) is 0.306. The molecule has 0 amide bonds. The van der Waals surface area contributed by atoms with Gasteiger partial charge in [-0.15, -0.1) is 0 Å². The number of carbonyl (C=O) groups is 1. The second-order valence-electron chi connectivity index (χ2n) is 5.11. The fraction of sp³-hybridized carbons (Fsp3) is 0.800. The number of allylic oxidation sites excluding steroid dienone is 2. The maximum absolute atomic E-state index is 10.8. The van der Waals surface area contributed by atoms with Gasteiger partial charge in [-0.05, 0) is 31.8 Å². The first kappa shape index (κ1) is 18.6. The van der Waals surface area contributed by atoms with Gasteiger partial charge in [-0.2, -0.15) is 0 Å². The van der Waals surface area contributed by atoms with Gasteiger partial charge in [-0.1, -0.05) is 39.0 Å². The summed E-state index contributed by atoms with van der Waals surface area (Å²) >= 11 is 0. The molecular formula is C15H27NO4. The third kappa shape index (κ3) is 11.7. The lowest BCUT2D eigenvalue weighted by Crippen LogP contribution is -1.99. The fourth-order valence-electron chi connectivity index (χ4n) is 2.04. The van der Waals surface area contributed by atoms with Crippen molar-refractivity contribution < 1.29 is 14.8 Å². The average molecular weight is 285 g/mol. The van der Waals surface area contributed by atoms with Crippen LogP contribution < -0.4 is 0 Å². The Morgan fingerprint density at radius 2 is 1.65 bits per heavy atom. The van der Waals surface area contributed by atoms with E-state index in [1.54, 1.807) is 6.08 Å². The van der Waals surface area contributed by atoms with E-state index >= 15 is 0 Å². The van der Waals surface area contributed by atoms with Gasteiger partial charge in [0.05, 0.1) is 4.92 Å². The summed E-state index contributed by atoms with van der Waals surface area (Å²) in [4.78, 5) is 20.9. The van der Waals surface area contributed by atoms with Crippen molar-refractivity contribution in [2.75, 3.05) is 0 Å². The van der Waals surface area contributed by atoms with Crippen LogP contribution in [-0.2, 0) is 4.79 Å². The van der Waals surface area contributed by atoms with Crippen LogP contribution in [0.1, 0.15) is 77.6 Å². The average Bonchev–Trinajstić information content (AvgIpc) is 2.39. The predicted molar refractivity (Wildman–Crippen MR) is 79.2 cm³/mol. The maximum Gasteiger partial charge on any atom is 0.303 e. The van der Waals surface area contributed by atoms with Crippen molar-refractivity contribution in [3.8, 4) is 0 Å². The highest BCUT2D eigenvalue weighted by molar-refractivity contribution is 5.66. The number of rotatable bonds is 13. The van der Waals surface area contributed by atoms with Crippen LogP contribution in [0.4, 0.5) is 0 Å². The molecule has 5 heteroatoms. The van der Waals surface area contributed by atoms with Crippen LogP contribution in [-0.4, -0.2) is 16.0 Å². The first-order valence-electron chi connectivity index (χ1n) is 7.63. The minimum Gasteiger partial charge on any atom is -0.481 e. The summed E-state index contributed by atoms with van der Waals surface area (Å²) in [6.45, 7) is 2.08. The Balaban J connectivity index is 3.67. The third-order valence-corrected chi connectivity index (χ3v) is 3.25. The van der Waals surface area contributed by atoms with Gasteiger partial charge < -0.3 is 5.11 Å². The van der Waals surface area contributed by atoms with Crippen molar-refractivity contribution >= 4 is 5.97 Å². The zero-order valence-corrected chi connectivity index (χ0v) is 12.5. The predicted octanol–water partition coefficient (Wildman–Crippen LogP) is 4.54. The molecule has 0 heterocycles. The van der Waals surface area contributed by atoms with Gasteiger partial charge in [0.2, 0.25) is 5.70 Å². The SMILES string of the molecule is CCCCCC(=CCCCCCCCC(=O)O)[N+](=O)[O-]. The number of unbranched alkanes of at least 4 members (excludes halogenated alkanes) is 7. The summed E-state index contributed by atoms with van der Waals surface area (Å²) in [5.74, 6) is -0.740. The molecule has 5 nitrogen and oxygen atoms in total. The number of hydrogen-bond donors (Lipinski definition) is 1. The van der Waals surface area contributed by atoms with Crippen molar-refractivity contribution in [3.63, 3.8) is 0 Å². The van der Waals surface area contributed by atoms with Gasteiger partial charge >= 0.3 is 5.97 Å². The van der Waals surface area contributed by atoms with Crippen molar-refractivity contribution in [3.05, 3.63) is 21.9 Å². The fourth-order valence-corrected chi connectivity index (χ4v) is 2.04. The van der Waals surface area contributed by atoms with Crippen molar-refractivity contribution in [2.24, 2.45) is 0 Å². The molecule has 0 aromatic heterocycles. The Bertz CT molecular complexity index is 313. The molecule has 0 aliphatic heterocycles. The van der Waals surface area contributed by atoms with Crippen LogP contribution in [0.5, 0.6) is 0 Å². The lowest BCUT2D eigenvalue weighted by Gasteiger charge is -2.00. The summed E-state index contributed by atoms with van der Waals surface area (Å²) in [5.41, 5.74) is 0.351. The van der Waals surface area contributed by atoms with Crippen molar-refractivity contribution in [1.29, 1.82) is 0 Å². The Morgan fingerprint density at radius 3 is 2.25 bits per heavy atom. The van der Waals surface area contributed by atoms with E-state index in [9.17, 15) is 14.9 Å². The first-order valence-corrected chi connectivity index (χ1v) is 7.63. The number of hydrogen-bond acceptors (Lipinski definition) is 3. The molecular weight excluding hydrogens is 258 g/mol. The summed E-state index contributed by atoms with van der Waals surface area (Å²) in [7, 11) is 0. The molecule has 0 saturated carbocycles. The molecule has 0 bridgehead atoms. The zero-order valence-electron chi connectivity index (χ0n) is 12.5. The Morgan fingerprint density at radius 1 is 1.05 bits per heavy atom. The highest BCUT2D eigenvalue weighted by Crippen LogP contribution is 2.13. The number of nitrogens with zero attached hydrogens (tertiary/aromatic N) is 1. The highest BCUT2D eigenvalue weighted by atomic mass is 16.6. The largest absolute Gasteiger partial charge is 0.481 e. The minimum atomic E-state index is -0.740. The molecule has 116 valence electrons. The van der Waals surface area contributed by atoms with Crippen LogP contribution >= 0.6 is 0 Å². The van der Waals surface area contributed by atoms with E-state index in [1.165, 1.54) is 0 Å². The number of carboxylic acids is 1. The second-order valence-corrected chi connectivity index (χ2v) is 5.11. The molecule has 0 aliphatic rings. The smallest absolute Gasteiger partial charge is 0.303 e. The van der Waals surface area contributed by atoms with E-state index in [2.05, 4.69) is 6.92 Å². The Hall–Kier alpha value is -1.39. The molecule has 0 saturated heterocycles. The molecule has 0 rings (SSSR count). The molecule has 0 aliphatic carbocycles. The monoisotopic (exact) mass is 285 g/mol. The lowest BCUT2D eigenvalue weighted by atomic mass is 10.1. The van der Waals surface area contributed by atoms with Crippen molar-refractivity contribution in [1.82, 2.24) is 0 Å². The normalized spacial score (nSPS) is 11.6. The van der Waals surface area contributed by atoms with Gasteiger partial charge in [0.1, 0.15) is 0 Å². The van der Waals surface area contributed by atoms with Gasteiger partial charge in [0.25, 0.3) is 0 Å². The molecule has 0 radical (unpaired) electrons. The summed E-state index contributed by atoms with van der Waals surface area (Å²) in [6, 6.07) is 0. The van der Waals surface area contributed by atoms with Crippen LogP contribution in [0.3, 0.4) is 0 Å². The maximum atomic E-state index is 10.8. The summed E-state index contributed by atoms with van der Waals surface area (Å²) in [5, 5.41) is 19.3. The van der Waals surface area contributed by atoms with Gasteiger partial charge in [0, 0.05) is 12.8 Å². The molecule has 1 N–H and O–H groups in total. The molecule has 20 heavy (non-hydrogen) atoms. The van der Waals surface area contributed by atoms with Crippen LogP contribution in [0.15, 0.2) is 11.8 Å². The molecule has 0 aromatic rings. The minimum absolute atomic E-state index is 0.239. The number of aliphatic carboxylic acids is 1. The number of carboxylic acid groups (broad SMARTS) is 1. The molecule has 0 atom stereocenters. The standard InChI is InChI=1S/C15H27NO4/c1-2-3-8-11-14(16(19)20)12-9-6-4-5-7-10-13-15(17)18/h12H,2-11,13H2,1H3,(H,17,18). The molecule has 0 spiro atoms. The van der Waals surface area contributed by atoms with Crippen LogP contribution in [0, 0.1) is 10.1 Å². The summed E-state index contributed by atoms with van der Waals surface area (Å²) in [6.07, 6.45) is 10.9. The summed E-state index contributed by atoms with van der Waals surface area (Å²) < 4.78 is 0. The lowest BCUT2D eigenvalue weighted by molar-refractivity contribution is -0.428. The van der Waals surface area contributed by atoms with E-state index in [1.807, 2.05) is 0 Å². The van der Waals surface area contributed by atoms with Crippen LogP contribution in [0.2, 0.25) is 0 Å². The topological polar surface area (TPSA) is 80.4 Å².